The average molecular weight is 338 g/mol. The van der Waals surface area contributed by atoms with Crippen molar-refractivity contribution in [2.45, 2.75) is 46.5 Å². The first-order chi connectivity index (χ1) is 12.0. The van der Waals surface area contributed by atoms with Gasteiger partial charge in [-0.25, -0.2) is 0 Å². The molecular weight excluding hydrogens is 312 g/mol. The Kier molecular flexibility index (Phi) is 4.68. The van der Waals surface area contributed by atoms with E-state index in [4.69, 9.17) is 4.74 Å². The number of hydrogen-bond donors (Lipinski definition) is 0. The Morgan fingerprint density at radius 3 is 2.48 bits per heavy atom. The second-order valence-electron chi connectivity index (χ2n) is 7.30. The Morgan fingerprint density at radius 2 is 1.92 bits per heavy atom. The maximum Gasteiger partial charge on any atom is 0.319 e. The van der Waals surface area contributed by atoms with Crippen molar-refractivity contribution in [2.24, 2.45) is 11.3 Å². The van der Waals surface area contributed by atoms with E-state index in [2.05, 4.69) is 31.2 Å². The summed E-state index contributed by atoms with van der Waals surface area (Å²) >= 11 is 0. The van der Waals surface area contributed by atoms with Gasteiger partial charge in [0.25, 0.3) is 0 Å². The van der Waals surface area contributed by atoms with Crippen LogP contribution in [-0.2, 0) is 14.3 Å². The van der Waals surface area contributed by atoms with Gasteiger partial charge >= 0.3 is 5.97 Å². The monoisotopic (exact) mass is 338 g/mol. The quantitative estimate of drug-likeness (QED) is 0.455. The number of carbonyl (C=O) groups excluding carboxylic acids is 2. The van der Waals surface area contributed by atoms with Crippen LogP contribution in [-0.4, -0.2) is 18.9 Å². The van der Waals surface area contributed by atoms with E-state index in [0.717, 1.165) is 24.0 Å². The number of carbonyl (C=O) groups is 2. The maximum atomic E-state index is 13.2. The topological polar surface area (TPSA) is 43.4 Å². The number of allylic oxidation sites excluding steroid dienone is 4. The van der Waals surface area contributed by atoms with Gasteiger partial charge in [-0.05, 0) is 50.7 Å². The minimum Gasteiger partial charge on any atom is -0.468 e. The molecule has 132 valence electrons. The lowest BCUT2D eigenvalue weighted by Crippen LogP contribution is -2.38. The second-order valence-corrected chi connectivity index (χ2v) is 7.30. The van der Waals surface area contributed by atoms with Crippen molar-refractivity contribution >= 4 is 17.3 Å². The van der Waals surface area contributed by atoms with Crippen molar-refractivity contribution in [3.8, 4) is 0 Å². The number of benzene rings is 1. The summed E-state index contributed by atoms with van der Waals surface area (Å²) in [6.07, 6.45) is 2.81. The molecule has 2 atom stereocenters. The lowest BCUT2D eigenvalue weighted by atomic mass is 9.71. The molecule has 0 unspecified atom stereocenters. The molecule has 3 rings (SSSR count). The number of hydrogen-bond acceptors (Lipinski definition) is 3. The van der Waals surface area contributed by atoms with E-state index in [1.165, 1.54) is 23.8 Å². The third-order valence-electron chi connectivity index (χ3n) is 5.80. The molecule has 1 aromatic rings. The molecule has 0 saturated heterocycles. The van der Waals surface area contributed by atoms with Crippen LogP contribution in [0.2, 0.25) is 0 Å². The molecule has 0 aliphatic heterocycles. The number of ketones is 1. The van der Waals surface area contributed by atoms with E-state index in [1.807, 2.05) is 19.9 Å². The first kappa shape index (κ1) is 17.7. The van der Waals surface area contributed by atoms with Gasteiger partial charge in [0.05, 0.1) is 7.11 Å². The van der Waals surface area contributed by atoms with Crippen LogP contribution in [0.4, 0.5) is 0 Å². The Hall–Kier alpha value is -2.16. The molecule has 3 nitrogen and oxygen atoms in total. The number of esters is 1. The van der Waals surface area contributed by atoms with Crippen LogP contribution in [0.15, 0.2) is 47.1 Å². The van der Waals surface area contributed by atoms with E-state index >= 15 is 0 Å². The SMILES string of the molecule is CC/C(=C1/CC[C@]2(C(=O)OC)C[C@H]1C(=C(C)C)C2=O)c1ccccc1. The number of Topliss-reactive ketones (excluding diaryl/α,β-unsaturated/α-hetero) is 1. The van der Waals surface area contributed by atoms with Crippen LogP contribution in [0.5, 0.6) is 0 Å². The standard InChI is InChI=1S/C22H26O3/c1-5-16(15-9-7-6-8-10-15)17-11-12-22(21(24)25-4)13-18(17)19(14(2)3)20(22)23/h6-10,18H,5,11-13H2,1-4H3/b17-16+/t18-,22+/m1/s1. The summed E-state index contributed by atoms with van der Waals surface area (Å²) in [5.74, 6) is -0.334. The fourth-order valence-electron chi connectivity index (χ4n) is 4.66. The Morgan fingerprint density at radius 1 is 1.24 bits per heavy atom. The average Bonchev–Trinajstić information content (AvgIpc) is 2.86. The molecule has 2 bridgehead atoms. The predicted molar refractivity (Wildman–Crippen MR) is 98.8 cm³/mol. The van der Waals surface area contributed by atoms with Gasteiger partial charge in [0.15, 0.2) is 5.78 Å². The summed E-state index contributed by atoms with van der Waals surface area (Å²) < 4.78 is 5.02. The summed E-state index contributed by atoms with van der Waals surface area (Å²) in [4.78, 5) is 25.6. The van der Waals surface area contributed by atoms with Crippen molar-refractivity contribution in [3.63, 3.8) is 0 Å². The van der Waals surface area contributed by atoms with Gasteiger partial charge in [0.2, 0.25) is 0 Å². The van der Waals surface area contributed by atoms with Gasteiger partial charge in [-0.3, -0.25) is 9.59 Å². The summed E-state index contributed by atoms with van der Waals surface area (Å²) in [6.45, 7) is 6.12. The van der Waals surface area contributed by atoms with Gasteiger partial charge in [-0.15, -0.1) is 0 Å². The van der Waals surface area contributed by atoms with Crippen LogP contribution in [0.25, 0.3) is 5.57 Å². The van der Waals surface area contributed by atoms with Crippen LogP contribution >= 0.6 is 0 Å². The molecule has 0 heterocycles. The highest BCUT2D eigenvalue weighted by atomic mass is 16.5. The largest absolute Gasteiger partial charge is 0.468 e. The molecule has 3 heteroatoms. The molecule has 0 N–H and O–H groups in total. The molecule has 0 aromatic heterocycles. The number of methoxy groups -OCH3 is 1. The van der Waals surface area contributed by atoms with Crippen molar-refractivity contribution in [1.29, 1.82) is 0 Å². The Balaban J connectivity index is 2.16. The van der Waals surface area contributed by atoms with E-state index in [9.17, 15) is 9.59 Å². The smallest absolute Gasteiger partial charge is 0.319 e. The normalized spacial score (nSPS) is 27.3. The molecule has 0 radical (unpaired) electrons. The zero-order valence-corrected chi connectivity index (χ0v) is 15.5. The fourth-order valence-corrected chi connectivity index (χ4v) is 4.66. The third-order valence-corrected chi connectivity index (χ3v) is 5.80. The van der Waals surface area contributed by atoms with Crippen LogP contribution in [0.3, 0.4) is 0 Å². The van der Waals surface area contributed by atoms with Gasteiger partial charge in [-0.1, -0.05) is 48.4 Å². The third kappa shape index (κ3) is 2.66. The first-order valence-corrected chi connectivity index (χ1v) is 9.04. The van der Waals surface area contributed by atoms with Gasteiger partial charge < -0.3 is 4.74 Å². The highest BCUT2D eigenvalue weighted by Gasteiger charge is 2.59. The Labute approximate surface area is 149 Å². The molecule has 2 fully saturated rings. The fraction of sp³-hybridized carbons (Fsp3) is 0.455. The van der Waals surface area contributed by atoms with E-state index in [1.54, 1.807) is 0 Å². The highest BCUT2D eigenvalue weighted by molar-refractivity contribution is 6.16. The highest BCUT2D eigenvalue weighted by Crippen LogP contribution is 2.56. The van der Waals surface area contributed by atoms with Crippen molar-refractivity contribution in [3.05, 3.63) is 52.6 Å². The minimum atomic E-state index is -0.967. The first-order valence-electron chi connectivity index (χ1n) is 9.04. The van der Waals surface area contributed by atoms with E-state index < -0.39 is 5.41 Å². The number of fused-ring (bicyclic) bond motifs is 2. The van der Waals surface area contributed by atoms with Crippen molar-refractivity contribution < 1.29 is 14.3 Å². The molecule has 2 aliphatic rings. The molecular formula is C22H26O3. The molecule has 25 heavy (non-hydrogen) atoms. The molecule has 0 amide bonds. The van der Waals surface area contributed by atoms with E-state index in [0.29, 0.717) is 12.8 Å². The lowest BCUT2D eigenvalue weighted by molar-refractivity contribution is -0.157. The maximum absolute atomic E-state index is 13.2. The summed E-state index contributed by atoms with van der Waals surface area (Å²) in [6, 6.07) is 10.4. The summed E-state index contributed by atoms with van der Waals surface area (Å²) in [7, 11) is 1.38. The number of ether oxygens (including phenoxy) is 1. The zero-order valence-electron chi connectivity index (χ0n) is 15.5. The Bertz CT molecular complexity index is 766. The van der Waals surface area contributed by atoms with Crippen molar-refractivity contribution in [2.75, 3.05) is 7.11 Å². The van der Waals surface area contributed by atoms with Gasteiger partial charge in [0, 0.05) is 11.5 Å². The number of rotatable bonds is 3. The lowest BCUT2D eigenvalue weighted by Gasteiger charge is -2.31. The van der Waals surface area contributed by atoms with E-state index in [-0.39, 0.29) is 17.7 Å². The second kappa shape index (κ2) is 6.62. The molecule has 1 aromatic carbocycles. The summed E-state index contributed by atoms with van der Waals surface area (Å²) in [5.41, 5.74) is 4.75. The molecule has 2 saturated carbocycles. The van der Waals surface area contributed by atoms with Gasteiger partial charge in [-0.2, -0.15) is 0 Å². The van der Waals surface area contributed by atoms with Crippen molar-refractivity contribution in [1.82, 2.24) is 0 Å². The van der Waals surface area contributed by atoms with Gasteiger partial charge in [0.1, 0.15) is 5.41 Å². The van der Waals surface area contributed by atoms with Crippen LogP contribution in [0.1, 0.15) is 52.0 Å². The predicted octanol–water partition coefficient (Wildman–Crippen LogP) is 4.73. The molecule has 0 spiro atoms. The summed E-state index contributed by atoms with van der Waals surface area (Å²) in [5, 5.41) is 0. The zero-order chi connectivity index (χ0) is 18.2. The van der Waals surface area contributed by atoms with Crippen LogP contribution < -0.4 is 0 Å². The van der Waals surface area contributed by atoms with Crippen LogP contribution in [0, 0.1) is 11.3 Å². The molecule has 2 aliphatic carbocycles. The minimum absolute atomic E-state index is 0.0112.